The number of para-hydroxylation sites is 1. The highest BCUT2D eigenvalue weighted by molar-refractivity contribution is 7.92. The van der Waals surface area contributed by atoms with Gasteiger partial charge >= 0.3 is 0 Å². The predicted octanol–water partition coefficient (Wildman–Crippen LogP) is 1.27. The summed E-state index contributed by atoms with van der Waals surface area (Å²) >= 11 is 0. The fourth-order valence-corrected chi connectivity index (χ4v) is 3.93. The Kier molecular flexibility index (Phi) is 6.59. The maximum Gasteiger partial charge on any atom is 0.243 e. The number of hydrazone groups is 1. The molecule has 0 bridgehead atoms. The van der Waals surface area contributed by atoms with Gasteiger partial charge in [-0.25, -0.2) is 13.4 Å². The number of carbonyl (C=O) groups excluding carboxylic acids is 2. The van der Waals surface area contributed by atoms with E-state index in [1.165, 1.54) is 12.1 Å². The zero-order valence-electron chi connectivity index (χ0n) is 17.1. The zero-order valence-corrected chi connectivity index (χ0v) is 17.9. The molecule has 0 aliphatic carbocycles. The number of amides is 1. The van der Waals surface area contributed by atoms with Gasteiger partial charge in [0, 0.05) is 30.1 Å². The van der Waals surface area contributed by atoms with Gasteiger partial charge in [0.1, 0.15) is 5.75 Å². The number of benzene rings is 2. The van der Waals surface area contributed by atoms with E-state index in [4.69, 9.17) is 4.74 Å². The summed E-state index contributed by atoms with van der Waals surface area (Å²) in [5, 5.41) is 16.6. The highest BCUT2D eigenvalue weighted by Gasteiger charge is 2.34. The first-order chi connectivity index (χ1) is 14.7. The zero-order chi connectivity index (χ0) is 22.6. The molecule has 1 amide bonds. The lowest BCUT2D eigenvalue weighted by Crippen LogP contribution is -2.30. The minimum Gasteiger partial charge on any atom is -0.550 e. The average Bonchev–Trinajstić information content (AvgIpc) is 3.16. The summed E-state index contributed by atoms with van der Waals surface area (Å²) in [6.45, 7) is 0. The first-order valence-electron chi connectivity index (χ1n) is 9.48. The highest BCUT2D eigenvalue weighted by atomic mass is 32.2. The third-order valence-electron chi connectivity index (χ3n) is 4.73. The van der Waals surface area contributed by atoms with E-state index < -0.39 is 34.4 Å². The molecule has 0 spiro atoms. The van der Waals surface area contributed by atoms with E-state index in [0.717, 1.165) is 11.8 Å². The Morgan fingerprint density at radius 1 is 1.16 bits per heavy atom. The molecule has 2 aromatic rings. The molecule has 1 atom stereocenters. The number of hydrogen-bond donors (Lipinski definition) is 1. The fourth-order valence-electron chi connectivity index (χ4n) is 3.37. The van der Waals surface area contributed by atoms with Crippen LogP contribution in [0.5, 0.6) is 5.75 Å². The first kappa shape index (κ1) is 22.3. The molecule has 0 aromatic heterocycles. The highest BCUT2D eigenvalue weighted by Crippen LogP contribution is 2.37. The third-order valence-corrected chi connectivity index (χ3v) is 5.33. The lowest BCUT2D eigenvalue weighted by molar-refractivity contribution is -0.305. The monoisotopic (exact) mass is 444 g/mol. The number of carbonyl (C=O) groups is 2. The van der Waals surface area contributed by atoms with Crippen LogP contribution >= 0.6 is 0 Å². The van der Waals surface area contributed by atoms with E-state index in [0.29, 0.717) is 29.1 Å². The van der Waals surface area contributed by atoms with Gasteiger partial charge in [0.05, 0.1) is 25.1 Å². The number of sulfonamides is 1. The van der Waals surface area contributed by atoms with Crippen molar-refractivity contribution < 1.29 is 27.9 Å². The van der Waals surface area contributed by atoms with E-state index in [1.54, 1.807) is 30.3 Å². The second-order valence-electron chi connectivity index (χ2n) is 7.07. The van der Waals surface area contributed by atoms with E-state index in [1.807, 2.05) is 18.2 Å². The smallest absolute Gasteiger partial charge is 0.243 e. The predicted molar refractivity (Wildman–Crippen MR) is 113 cm³/mol. The molecule has 0 fully saturated rings. The van der Waals surface area contributed by atoms with Crippen molar-refractivity contribution in [1.29, 1.82) is 0 Å². The Morgan fingerprint density at radius 3 is 2.45 bits per heavy atom. The lowest BCUT2D eigenvalue weighted by Gasteiger charge is -2.23. The molecule has 31 heavy (non-hydrogen) atoms. The molecule has 3 rings (SSSR count). The van der Waals surface area contributed by atoms with Gasteiger partial charge in [0.25, 0.3) is 0 Å². The van der Waals surface area contributed by atoms with Crippen LogP contribution < -0.4 is 14.6 Å². The molecule has 1 heterocycles. The van der Waals surface area contributed by atoms with Gasteiger partial charge in [-0.05, 0) is 30.2 Å². The van der Waals surface area contributed by atoms with Gasteiger partial charge in [-0.15, -0.1) is 0 Å². The standard InChI is InChI=1S/C21H23N3O6S/c1-30-19-6-4-3-5-16(19)18-13-17(22-24(18)20(25)11-12-21(26)27)14-7-9-15(10-8-14)23-31(2,28)29/h3-10,18,23H,11-13H2,1-2H3,(H,26,27)/p-1/t18-/m0/s1. The second kappa shape index (κ2) is 9.17. The van der Waals surface area contributed by atoms with Crippen LogP contribution in [0.15, 0.2) is 53.6 Å². The number of rotatable bonds is 8. The molecule has 164 valence electrons. The largest absolute Gasteiger partial charge is 0.550 e. The summed E-state index contributed by atoms with van der Waals surface area (Å²) in [4.78, 5) is 23.5. The number of ether oxygens (including phenoxy) is 1. The first-order valence-corrected chi connectivity index (χ1v) is 11.4. The fraction of sp³-hybridized carbons (Fsp3) is 0.286. The third kappa shape index (κ3) is 5.60. The summed E-state index contributed by atoms with van der Waals surface area (Å²) in [5.74, 6) is -1.15. The number of aliphatic carboxylic acids is 1. The number of anilines is 1. The van der Waals surface area contributed by atoms with Crippen LogP contribution in [0, 0.1) is 0 Å². The van der Waals surface area contributed by atoms with Crippen LogP contribution in [0.2, 0.25) is 0 Å². The SMILES string of the molecule is COc1ccccc1[C@@H]1CC(c2ccc(NS(C)(=O)=O)cc2)=NN1C(=O)CCC(=O)[O-]. The molecule has 1 N–H and O–H groups in total. The van der Waals surface area contributed by atoms with E-state index in [9.17, 15) is 23.1 Å². The summed E-state index contributed by atoms with van der Waals surface area (Å²) in [5.41, 5.74) is 2.49. The molecule has 1 aliphatic heterocycles. The Bertz CT molecular complexity index is 1110. The van der Waals surface area contributed by atoms with Gasteiger partial charge in [-0.1, -0.05) is 30.3 Å². The van der Waals surface area contributed by atoms with E-state index in [-0.39, 0.29) is 6.42 Å². The number of hydrogen-bond acceptors (Lipinski definition) is 7. The molecular formula is C21H22N3O6S-. The van der Waals surface area contributed by atoms with Crippen LogP contribution in [0.4, 0.5) is 5.69 Å². The summed E-state index contributed by atoms with van der Waals surface area (Å²) < 4.78 is 30.6. The molecule has 0 radical (unpaired) electrons. The van der Waals surface area contributed by atoms with E-state index in [2.05, 4.69) is 9.82 Å². The van der Waals surface area contributed by atoms with Gasteiger partial charge in [-0.2, -0.15) is 5.10 Å². The summed E-state index contributed by atoms with van der Waals surface area (Å²) in [7, 11) is -1.86. The van der Waals surface area contributed by atoms with Gasteiger partial charge < -0.3 is 14.6 Å². The summed E-state index contributed by atoms with van der Waals surface area (Å²) in [6.07, 6.45) is 0.818. The van der Waals surface area contributed by atoms with Gasteiger partial charge in [-0.3, -0.25) is 9.52 Å². The van der Waals surface area contributed by atoms with Crippen molar-refractivity contribution in [3.63, 3.8) is 0 Å². The quantitative estimate of drug-likeness (QED) is 0.653. The molecule has 9 nitrogen and oxygen atoms in total. The topological polar surface area (TPSA) is 128 Å². The van der Waals surface area contributed by atoms with Crippen LogP contribution in [-0.2, 0) is 19.6 Å². The van der Waals surface area contributed by atoms with Crippen LogP contribution in [0.3, 0.4) is 0 Å². The van der Waals surface area contributed by atoms with Crippen molar-refractivity contribution in [3.8, 4) is 5.75 Å². The Hall–Kier alpha value is -3.40. The molecule has 0 saturated heterocycles. The molecular weight excluding hydrogens is 422 g/mol. The van der Waals surface area contributed by atoms with Crippen LogP contribution in [0.1, 0.15) is 36.4 Å². The Morgan fingerprint density at radius 2 is 1.84 bits per heavy atom. The van der Waals surface area contributed by atoms with Crippen molar-refractivity contribution in [2.24, 2.45) is 5.10 Å². The Labute approximate surface area is 180 Å². The minimum atomic E-state index is -3.40. The molecule has 0 unspecified atom stereocenters. The number of carboxylic acid groups (broad SMARTS) is 1. The lowest BCUT2D eigenvalue weighted by atomic mass is 9.97. The maximum atomic E-state index is 12.7. The number of nitrogens with one attached hydrogen (secondary N) is 1. The Balaban J connectivity index is 1.91. The molecule has 10 heteroatoms. The maximum absolute atomic E-state index is 12.7. The number of nitrogens with zero attached hydrogens (tertiary/aromatic N) is 2. The van der Waals surface area contributed by atoms with Crippen LogP contribution in [0.25, 0.3) is 0 Å². The minimum absolute atomic E-state index is 0.234. The van der Waals surface area contributed by atoms with Crippen molar-refractivity contribution in [2.75, 3.05) is 18.1 Å². The molecule has 1 aliphatic rings. The average molecular weight is 444 g/mol. The second-order valence-corrected chi connectivity index (χ2v) is 8.82. The molecule has 0 saturated carbocycles. The van der Waals surface area contributed by atoms with Crippen molar-refractivity contribution in [1.82, 2.24) is 5.01 Å². The summed E-state index contributed by atoms with van der Waals surface area (Å²) in [6, 6.07) is 13.4. The molecule has 2 aromatic carbocycles. The van der Waals surface area contributed by atoms with Crippen molar-refractivity contribution in [3.05, 3.63) is 59.7 Å². The van der Waals surface area contributed by atoms with Crippen LogP contribution in [-0.4, -0.2) is 44.4 Å². The number of carboxylic acids is 1. The van der Waals surface area contributed by atoms with Crippen molar-refractivity contribution in [2.45, 2.75) is 25.3 Å². The normalized spacial score (nSPS) is 16.0. The van der Waals surface area contributed by atoms with Gasteiger partial charge in [0.2, 0.25) is 15.9 Å². The number of methoxy groups -OCH3 is 1. The van der Waals surface area contributed by atoms with Gasteiger partial charge in [0.15, 0.2) is 0 Å². The van der Waals surface area contributed by atoms with E-state index >= 15 is 0 Å². The van der Waals surface area contributed by atoms with Crippen molar-refractivity contribution >= 4 is 33.3 Å².